The Balaban J connectivity index is 1.81. The maximum Gasteiger partial charge on any atom is 0.273 e. The molecule has 3 heterocycles. The van der Waals surface area contributed by atoms with Crippen LogP contribution in [0.15, 0.2) is 28.2 Å². The highest BCUT2D eigenvalue weighted by atomic mass is 32.1. The number of aromatic nitrogens is 1. The molecule has 1 N–H and O–H groups in total. The van der Waals surface area contributed by atoms with Gasteiger partial charge < -0.3 is 14.4 Å². The zero-order valence-electron chi connectivity index (χ0n) is 10.3. The normalized spacial score (nSPS) is 19.0. The van der Waals surface area contributed by atoms with E-state index in [9.17, 15) is 9.90 Å². The van der Waals surface area contributed by atoms with Gasteiger partial charge in [0, 0.05) is 11.9 Å². The summed E-state index contributed by atoms with van der Waals surface area (Å²) in [7, 11) is 0. The van der Waals surface area contributed by atoms with Crippen molar-refractivity contribution in [2.75, 3.05) is 13.2 Å². The van der Waals surface area contributed by atoms with E-state index in [2.05, 4.69) is 4.98 Å². The van der Waals surface area contributed by atoms with Crippen LogP contribution in [-0.2, 0) is 0 Å². The third-order valence-electron chi connectivity index (χ3n) is 3.30. The minimum Gasteiger partial charge on any atom is -0.462 e. The van der Waals surface area contributed by atoms with Crippen molar-refractivity contribution in [1.29, 1.82) is 0 Å². The fourth-order valence-electron chi connectivity index (χ4n) is 2.33. The van der Waals surface area contributed by atoms with Crippen LogP contribution in [0.5, 0.6) is 0 Å². The van der Waals surface area contributed by atoms with Crippen molar-refractivity contribution in [3.05, 3.63) is 29.5 Å². The lowest BCUT2D eigenvalue weighted by Gasteiger charge is -2.21. The fraction of sp³-hybridized carbons (Fsp3) is 0.385. The van der Waals surface area contributed by atoms with E-state index in [4.69, 9.17) is 4.42 Å². The van der Waals surface area contributed by atoms with Crippen LogP contribution in [0.3, 0.4) is 0 Å². The van der Waals surface area contributed by atoms with Crippen molar-refractivity contribution in [3.8, 4) is 10.8 Å². The highest BCUT2D eigenvalue weighted by molar-refractivity contribution is 7.13. The second-order valence-corrected chi connectivity index (χ2v) is 5.35. The van der Waals surface area contributed by atoms with Gasteiger partial charge in [0.05, 0.1) is 18.9 Å². The molecule has 100 valence electrons. The molecule has 0 saturated carbocycles. The van der Waals surface area contributed by atoms with Gasteiger partial charge in [-0.2, -0.15) is 0 Å². The molecule has 0 bridgehead atoms. The topological polar surface area (TPSA) is 66.6 Å². The molecule has 1 aliphatic heterocycles. The molecular weight excluding hydrogens is 264 g/mol. The molecule has 0 aromatic carbocycles. The predicted molar refractivity (Wildman–Crippen MR) is 71.0 cm³/mol. The Morgan fingerprint density at radius 2 is 2.53 bits per heavy atom. The lowest BCUT2D eigenvalue weighted by Crippen LogP contribution is -2.37. The van der Waals surface area contributed by atoms with Crippen LogP contribution in [0, 0.1) is 0 Å². The Kier molecular flexibility index (Phi) is 3.35. The second kappa shape index (κ2) is 5.14. The lowest BCUT2D eigenvalue weighted by molar-refractivity contribution is 0.0672. The van der Waals surface area contributed by atoms with E-state index in [-0.39, 0.29) is 18.6 Å². The summed E-state index contributed by atoms with van der Waals surface area (Å²) in [6.45, 7) is 0.707. The van der Waals surface area contributed by atoms with Gasteiger partial charge in [-0.15, -0.1) is 11.3 Å². The maximum atomic E-state index is 12.3. The van der Waals surface area contributed by atoms with Crippen LogP contribution in [0.4, 0.5) is 0 Å². The average molecular weight is 278 g/mol. The molecule has 1 aliphatic rings. The van der Waals surface area contributed by atoms with Crippen LogP contribution in [-0.4, -0.2) is 40.1 Å². The van der Waals surface area contributed by atoms with Gasteiger partial charge in [0.25, 0.3) is 5.91 Å². The first-order valence-corrected chi connectivity index (χ1v) is 7.09. The number of likely N-dealkylation sites (tertiary alicyclic amines) is 1. The zero-order valence-corrected chi connectivity index (χ0v) is 11.1. The van der Waals surface area contributed by atoms with E-state index < -0.39 is 0 Å². The summed E-state index contributed by atoms with van der Waals surface area (Å²) < 4.78 is 5.26. The summed E-state index contributed by atoms with van der Waals surface area (Å²) in [4.78, 5) is 18.4. The van der Waals surface area contributed by atoms with Gasteiger partial charge in [0.15, 0.2) is 10.8 Å². The van der Waals surface area contributed by atoms with E-state index in [0.717, 1.165) is 12.8 Å². The van der Waals surface area contributed by atoms with E-state index in [1.807, 2.05) is 6.07 Å². The van der Waals surface area contributed by atoms with Crippen molar-refractivity contribution in [1.82, 2.24) is 9.88 Å². The molecule has 0 aliphatic carbocycles. The van der Waals surface area contributed by atoms with Crippen molar-refractivity contribution in [3.63, 3.8) is 0 Å². The third-order valence-corrected chi connectivity index (χ3v) is 4.16. The van der Waals surface area contributed by atoms with Gasteiger partial charge in [0.1, 0.15) is 5.69 Å². The van der Waals surface area contributed by atoms with Crippen LogP contribution < -0.4 is 0 Å². The van der Waals surface area contributed by atoms with Gasteiger partial charge in [-0.05, 0) is 25.0 Å². The highest BCUT2D eigenvalue weighted by Crippen LogP contribution is 2.26. The molecule has 1 fully saturated rings. The van der Waals surface area contributed by atoms with Crippen molar-refractivity contribution in [2.24, 2.45) is 0 Å². The number of nitrogens with zero attached hydrogens (tertiary/aromatic N) is 2. The van der Waals surface area contributed by atoms with Crippen molar-refractivity contribution >= 4 is 17.2 Å². The van der Waals surface area contributed by atoms with E-state index in [0.29, 0.717) is 23.0 Å². The number of thiazole rings is 1. The number of aliphatic hydroxyl groups excluding tert-OH is 1. The molecular formula is C13H14N2O3S. The SMILES string of the molecule is O=C(c1csc(-c2ccco2)n1)N1CCC[C@@H]1CO. The average Bonchev–Trinajstić information content (AvgIpc) is 3.16. The standard InChI is InChI=1S/C13H14N2O3S/c16-7-9-3-1-5-15(9)13(17)10-8-19-12(14-10)11-4-2-6-18-11/h2,4,6,8-9,16H,1,3,5,7H2/t9-/m1/s1. The first kappa shape index (κ1) is 12.4. The second-order valence-electron chi connectivity index (χ2n) is 4.49. The largest absolute Gasteiger partial charge is 0.462 e. The first-order valence-electron chi connectivity index (χ1n) is 6.21. The summed E-state index contributed by atoms with van der Waals surface area (Å²) in [5.41, 5.74) is 0.428. The predicted octanol–water partition coefficient (Wildman–Crippen LogP) is 2.00. The molecule has 6 heteroatoms. The van der Waals surface area contributed by atoms with Gasteiger partial charge in [-0.3, -0.25) is 4.79 Å². The molecule has 19 heavy (non-hydrogen) atoms. The summed E-state index contributed by atoms with van der Waals surface area (Å²) in [6, 6.07) is 3.54. The van der Waals surface area contributed by atoms with Crippen LogP contribution in [0.25, 0.3) is 10.8 Å². The van der Waals surface area contributed by atoms with Gasteiger partial charge in [-0.25, -0.2) is 4.98 Å². The molecule has 0 unspecified atom stereocenters. The zero-order chi connectivity index (χ0) is 13.2. The molecule has 1 atom stereocenters. The maximum absolute atomic E-state index is 12.3. The first-order chi connectivity index (χ1) is 9.29. The van der Waals surface area contributed by atoms with E-state index >= 15 is 0 Å². The van der Waals surface area contributed by atoms with Gasteiger partial charge in [-0.1, -0.05) is 0 Å². The lowest BCUT2D eigenvalue weighted by atomic mass is 10.2. The van der Waals surface area contributed by atoms with Crippen molar-refractivity contribution in [2.45, 2.75) is 18.9 Å². The van der Waals surface area contributed by atoms with E-state index in [1.54, 1.807) is 22.6 Å². The summed E-state index contributed by atoms with van der Waals surface area (Å²) >= 11 is 1.39. The van der Waals surface area contributed by atoms with Crippen molar-refractivity contribution < 1.29 is 14.3 Å². The number of amides is 1. The highest BCUT2D eigenvalue weighted by Gasteiger charge is 2.30. The molecule has 3 rings (SSSR count). The number of rotatable bonds is 3. The Labute approximate surface area is 114 Å². The number of carbonyl (C=O) groups excluding carboxylic acids is 1. The monoisotopic (exact) mass is 278 g/mol. The molecule has 2 aromatic rings. The fourth-order valence-corrected chi connectivity index (χ4v) is 3.09. The Morgan fingerprint density at radius 1 is 1.63 bits per heavy atom. The number of hydrogen-bond donors (Lipinski definition) is 1. The Hall–Kier alpha value is -1.66. The molecule has 1 amide bonds. The Morgan fingerprint density at radius 3 is 3.26 bits per heavy atom. The molecule has 2 aromatic heterocycles. The minimum absolute atomic E-state index is 0.0148. The number of furan rings is 1. The summed E-state index contributed by atoms with van der Waals surface area (Å²) in [6.07, 6.45) is 3.38. The summed E-state index contributed by atoms with van der Waals surface area (Å²) in [5.74, 6) is 0.565. The van der Waals surface area contributed by atoms with Gasteiger partial charge >= 0.3 is 0 Å². The molecule has 5 nitrogen and oxygen atoms in total. The van der Waals surface area contributed by atoms with Gasteiger partial charge in [0.2, 0.25) is 0 Å². The smallest absolute Gasteiger partial charge is 0.273 e. The number of hydrogen-bond acceptors (Lipinski definition) is 5. The summed E-state index contributed by atoms with van der Waals surface area (Å²) in [5, 5.41) is 11.7. The van der Waals surface area contributed by atoms with E-state index in [1.165, 1.54) is 11.3 Å². The number of carbonyl (C=O) groups is 1. The third kappa shape index (κ3) is 2.29. The van der Waals surface area contributed by atoms with Crippen LogP contribution >= 0.6 is 11.3 Å². The quantitative estimate of drug-likeness (QED) is 0.932. The molecule has 0 radical (unpaired) electrons. The molecule has 0 spiro atoms. The van der Waals surface area contributed by atoms with Crippen LogP contribution in [0.2, 0.25) is 0 Å². The molecule has 1 saturated heterocycles. The Bertz CT molecular complexity index is 564. The number of aliphatic hydroxyl groups is 1. The minimum atomic E-state index is -0.106. The van der Waals surface area contributed by atoms with Crippen LogP contribution in [0.1, 0.15) is 23.3 Å².